The van der Waals surface area contributed by atoms with Crippen molar-refractivity contribution in [1.29, 1.82) is 0 Å². The molecule has 1 aromatic rings. The number of nitrogens with zero attached hydrogens (tertiary/aromatic N) is 1. The van der Waals surface area contributed by atoms with E-state index in [0.29, 0.717) is 0 Å². The van der Waals surface area contributed by atoms with E-state index in [0.717, 1.165) is 16.8 Å². The summed E-state index contributed by atoms with van der Waals surface area (Å²) in [5.74, 6) is 1.89. The Morgan fingerprint density at radius 1 is 1.43 bits per heavy atom. The van der Waals surface area contributed by atoms with Gasteiger partial charge in [0.15, 0.2) is 17.4 Å². The van der Waals surface area contributed by atoms with Gasteiger partial charge in [-0.1, -0.05) is 5.92 Å². The maximum absolute atomic E-state index is 11.7. The van der Waals surface area contributed by atoms with E-state index in [9.17, 15) is 30.0 Å². The molecule has 1 saturated heterocycles. The maximum atomic E-state index is 11.7. The molecule has 1 aromatic heterocycles. The molecular weight excluding hydrogens is 284 g/mol. The lowest BCUT2D eigenvalue weighted by molar-refractivity contribution is -0.168. The van der Waals surface area contributed by atoms with Crippen LogP contribution in [0.25, 0.3) is 0 Å². The Morgan fingerprint density at radius 2 is 2.05 bits per heavy atom. The minimum atomic E-state index is -2.42. The largest absolute Gasteiger partial charge is 0.393 e. The zero-order valence-electron chi connectivity index (χ0n) is 10.8. The van der Waals surface area contributed by atoms with E-state index in [4.69, 9.17) is 11.2 Å². The molecule has 9 heteroatoms. The van der Waals surface area contributed by atoms with Crippen molar-refractivity contribution >= 4 is 0 Å². The number of nitrogens with one attached hydrogen (secondary N) is 1. The van der Waals surface area contributed by atoms with E-state index >= 15 is 0 Å². The molecule has 1 aliphatic heterocycles. The van der Waals surface area contributed by atoms with Crippen LogP contribution in [0.1, 0.15) is 6.23 Å². The Bertz CT molecular complexity index is 684. The lowest BCUT2D eigenvalue weighted by Gasteiger charge is -2.34. The van der Waals surface area contributed by atoms with Gasteiger partial charge in [0.1, 0.15) is 6.10 Å². The van der Waals surface area contributed by atoms with Gasteiger partial charge < -0.3 is 25.2 Å². The molecule has 114 valence electrons. The lowest BCUT2D eigenvalue weighted by Crippen LogP contribution is -2.59. The van der Waals surface area contributed by atoms with Crippen LogP contribution in [0.3, 0.4) is 0 Å². The third kappa shape index (κ3) is 2.01. The standard InChI is InChI=1S/C12H14N2O7/c1-2-12(20)8(18)9(21-11(12,5-15)6-16)14-4-3-7(17)13-10(14)19/h1,3-4,8-9,15-16,18,20H,5-6H2,(H,13,17,19)/t8-,9+,12-/m0/s1. The minimum absolute atomic E-state index is 0.661. The first-order chi connectivity index (χ1) is 9.85. The Kier molecular flexibility index (Phi) is 3.75. The molecule has 21 heavy (non-hydrogen) atoms. The van der Waals surface area contributed by atoms with Crippen molar-refractivity contribution in [2.75, 3.05) is 13.2 Å². The van der Waals surface area contributed by atoms with Crippen LogP contribution in [0.15, 0.2) is 21.9 Å². The Balaban J connectivity index is 2.57. The Morgan fingerprint density at radius 3 is 2.48 bits per heavy atom. The lowest BCUT2D eigenvalue weighted by atomic mass is 9.82. The molecule has 0 aliphatic carbocycles. The molecule has 0 unspecified atom stereocenters. The first-order valence-electron chi connectivity index (χ1n) is 5.94. The number of hydrogen-bond donors (Lipinski definition) is 5. The number of aliphatic hydroxyl groups is 4. The quantitative estimate of drug-likeness (QED) is 0.364. The first-order valence-corrected chi connectivity index (χ1v) is 5.94. The van der Waals surface area contributed by atoms with Gasteiger partial charge in [-0.3, -0.25) is 14.3 Å². The molecule has 0 amide bonds. The molecule has 1 aliphatic rings. The van der Waals surface area contributed by atoms with E-state index in [-0.39, 0.29) is 0 Å². The fraction of sp³-hybridized carbons (Fsp3) is 0.500. The summed E-state index contributed by atoms with van der Waals surface area (Å²) in [4.78, 5) is 24.7. The molecule has 0 aromatic carbocycles. The first kappa shape index (κ1) is 15.4. The second-order valence-corrected chi connectivity index (χ2v) is 4.69. The van der Waals surface area contributed by atoms with Gasteiger partial charge in [0, 0.05) is 12.3 Å². The number of aromatic amines is 1. The van der Waals surface area contributed by atoms with Crippen LogP contribution in [0.5, 0.6) is 0 Å². The van der Waals surface area contributed by atoms with Gasteiger partial charge in [-0.15, -0.1) is 6.42 Å². The smallest absolute Gasteiger partial charge is 0.330 e. The van der Waals surface area contributed by atoms with Gasteiger partial charge in [0.05, 0.1) is 13.2 Å². The van der Waals surface area contributed by atoms with Crippen molar-refractivity contribution in [2.24, 2.45) is 0 Å². The van der Waals surface area contributed by atoms with Gasteiger partial charge >= 0.3 is 5.69 Å². The predicted molar refractivity (Wildman–Crippen MR) is 68.1 cm³/mol. The van der Waals surface area contributed by atoms with Crippen molar-refractivity contribution in [3.05, 3.63) is 33.1 Å². The molecule has 3 atom stereocenters. The summed E-state index contributed by atoms with van der Waals surface area (Å²) in [5.41, 5.74) is -6.04. The minimum Gasteiger partial charge on any atom is -0.393 e. The number of hydrogen-bond acceptors (Lipinski definition) is 7. The summed E-state index contributed by atoms with van der Waals surface area (Å²) in [6, 6.07) is 1.00. The van der Waals surface area contributed by atoms with E-state index < -0.39 is 48.0 Å². The number of aliphatic hydroxyl groups excluding tert-OH is 3. The van der Waals surface area contributed by atoms with Gasteiger partial charge in [0.2, 0.25) is 0 Å². The van der Waals surface area contributed by atoms with Gasteiger partial charge in [-0.25, -0.2) is 4.79 Å². The normalized spacial score (nSPS) is 31.0. The fourth-order valence-electron chi connectivity index (χ4n) is 2.28. The molecule has 0 radical (unpaired) electrons. The molecule has 9 nitrogen and oxygen atoms in total. The topological polar surface area (TPSA) is 145 Å². The number of rotatable bonds is 3. The molecular formula is C12H14N2O7. The van der Waals surface area contributed by atoms with Crippen LogP contribution in [0.2, 0.25) is 0 Å². The van der Waals surface area contributed by atoms with Crippen LogP contribution in [-0.2, 0) is 4.74 Å². The average molecular weight is 298 g/mol. The van der Waals surface area contributed by atoms with Gasteiger partial charge in [0.25, 0.3) is 5.56 Å². The molecule has 1 fully saturated rings. The van der Waals surface area contributed by atoms with Crippen molar-refractivity contribution < 1.29 is 25.2 Å². The second-order valence-electron chi connectivity index (χ2n) is 4.69. The molecule has 2 heterocycles. The highest BCUT2D eigenvalue weighted by Crippen LogP contribution is 2.43. The van der Waals surface area contributed by atoms with Crippen LogP contribution >= 0.6 is 0 Å². The third-order valence-corrected chi connectivity index (χ3v) is 3.60. The van der Waals surface area contributed by atoms with Crippen LogP contribution in [0.4, 0.5) is 0 Å². The number of terminal acetylenes is 1. The summed E-state index contributed by atoms with van der Waals surface area (Å²) < 4.78 is 6.06. The van der Waals surface area contributed by atoms with E-state index in [1.807, 2.05) is 10.9 Å². The van der Waals surface area contributed by atoms with Gasteiger partial charge in [-0.05, 0) is 0 Å². The van der Waals surface area contributed by atoms with Crippen molar-refractivity contribution in [2.45, 2.75) is 23.5 Å². The summed E-state index contributed by atoms with van der Waals surface area (Å²) in [5, 5.41) is 39.3. The summed E-state index contributed by atoms with van der Waals surface area (Å²) in [6.45, 7) is -1.79. The molecule has 0 bridgehead atoms. The Labute approximate surface area is 118 Å². The Hall–Kier alpha value is -1.96. The fourth-order valence-corrected chi connectivity index (χ4v) is 2.28. The summed E-state index contributed by atoms with van der Waals surface area (Å²) in [6.07, 6.45) is 2.91. The van der Waals surface area contributed by atoms with E-state index in [1.54, 1.807) is 0 Å². The number of H-pyrrole nitrogens is 1. The monoisotopic (exact) mass is 298 g/mol. The van der Waals surface area contributed by atoms with Crippen molar-refractivity contribution in [3.63, 3.8) is 0 Å². The number of ether oxygens (including phenoxy) is 1. The zero-order chi connectivity index (χ0) is 15.8. The third-order valence-electron chi connectivity index (χ3n) is 3.60. The molecule has 5 N–H and O–H groups in total. The second kappa shape index (κ2) is 5.10. The average Bonchev–Trinajstić information content (AvgIpc) is 2.70. The highest BCUT2D eigenvalue weighted by atomic mass is 16.6. The SMILES string of the molecule is C#C[C@]1(O)[C@@H](O)[C@H](n2ccc(=O)[nH]c2=O)OC1(CO)CO. The van der Waals surface area contributed by atoms with E-state index in [1.165, 1.54) is 0 Å². The number of aromatic nitrogens is 2. The van der Waals surface area contributed by atoms with Crippen LogP contribution < -0.4 is 11.2 Å². The van der Waals surface area contributed by atoms with E-state index in [2.05, 4.69) is 0 Å². The molecule has 2 rings (SSSR count). The summed E-state index contributed by atoms with van der Waals surface area (Å²) >= 11 is 0. The maximum Gasteiger partial charge on any atom is 0.330 e. The summed E-state index contributed by atoms with van der Waals surface area (Å²) in [7, 11) is 0. The highest BCUT2D eigenvalue weighted by Gasteiger charge is 2.65. The van der Waals surface area contributed by atoms with Crippen molar-refractivity contribution in [3.8, 4) is 12.3 Å². The van der Waals surface area contributed by atoms with Crippen molar-refractivity contribution in [1.82, 2.24) is 9.55 Å². The molecule has 0 saturated carbocycles. The van der Waals surface area contributed by atoms with Crippen LogP contribution in [0, 0.1) is 12.3 Å². The highest BCUT2D eigenvalue weighted by molar-refractivity contribution is 5.26. The van der Waals surface area contributed by atoms with Gasteiger partial charge in [-0.2, -0.15) is 0 Å². The molecule has 0 spiro atoms. The zero-order valence-corrected chi connectivity index (χ0v) is 10.8. The van der Waals surface area contributed by atoms with Crippen LogP contribution in [-0.4, -0.2) is 60.5 Å². The predicted octanol–water partition coefficient (Wildman–Crippen LogP) is -3.49.